The standard InChI is InChI=1S/C12H16N2O6/c13-8-1-7(10(18)19)2-9(3-8)14-11(20)12(4-15,5-16)6-17/h1-3,15-17H,4-6,13H2,(H,14,20)(H,18,19). The number of nitrogens with one attached hydrogen (secondary N) is 1. The molecule has 1 amide bonds. The lowest BCUT2D eigenvalue weighted by Crippen LogP contribution is -2.45. The minimum atomic E-state index is -1.76. The molecule has 20 heavy (non-hydrogen) atoms. The summed E-state index contributed by atoms with van der Waals surface area (Å²) in [5.41, 5.74) is 3.86. The number of anilines is 2. The first-order valence-corrected chi connectivity index (χ1v) is 5.66. The molecule has 0 fully saturated rings. The Morgan fingerprint density at radius 2 is 1.65 bits per heavy atom. The number of carboxylic acids is 1. The maximum Gasteiger partial charge on any atom is 0.335 e. The van der Waals surface area contributed by atoms with Crippen LogP contribution in [0.25, 0.3) is 0 Å². The normalized spacial score (nSPS) is 11.2. The van der Waals surface area contributed by atoms with Gasteiger partial charge < -0.3 is 31.5 Å². The lowest BCUT2D eigenvalue weighted by molar-refractivity contribution is -0.134. The Balaban J connectivity index is 3.04. The van der Waals surface area contributed by atoms with Gasteiger partial charge in [0.25, 0.3) is 0 Å². The van der Waals surface area contributed by atoms with Crippen LogP contribution in [0.5, 0.6) is 0 Å². The molecule has 0 radical (unpaired) electrons. The number of aromatic carboxylic acids is 1. The SMILES string of the molecule is Nc1cc(NC(=O)C(CO)(CO)CO)cc(C(=O)O)c1. The molecule has 8 nitrogen and oxygen atoms in total. The summed E-state index contributed by atoms with van der Waals surface area (Å²) in [6.45, 7) is -2.29. The lowest BCUT2D eigenvalue weighted by Gasteiger charge is -2.25. The first kappa shape index (κ1) is 15.9. The number of carbonyl (C=O) groups is 2. The maximum atomic E-state index is 11.9. The molecule has 1 aromatic rings. The second kappa shape index (κ2) is 6.33. The Morgan fingerprint density at radius 1 is 1.10 bits per heavy atom. The molecule has 0 saturated heterocycles. The van der Waals surface area contributed by atoms with Gasteiger partial charge in [-0.3, -0.25) is 4.79 Å². The summed E-state index contributed by atoms with van der Waals surface area (Å²) < 4.78 is 0. The number of rotatable bonds is 6. The van der Waals surface area contributed by atoms with Crippen molar-refractivity contribution >= 4 is 23.3 Å². The van der Waals surface area contributed by atoms with Gasteiger partial charge in [0, 0.05) is 11.4 Å². The number of aliphatic hydroxyl groups excluding tert-OH is 3. The predicted octanol–water partition coefficient (Wildman–Crippen LogP) is -1.13. The minimum Gasteiger partial charge on any atom is -0.478 e. The van der Waals surface area contributed by atoms with Gasteiger partial charge in [0.15, 0.2) is 0 Å². The first-order chi connectivity index (χ1) is 9.38. The zero-order chi connectivity index (χ0) is 15.3. The van der Waals surface area contributed by atoms with Crippen molar-refractivity contribution in [2.45, 2.75) is 0 Å². The topological polar surface area (TPSA) is 153 Å². The van der Waals surface area contributed by atoms with Gasteiger partial charge in [-0.1, -0.05) is 0 Å². The van der Waals surface area contributed by atoms with E-state index in [-0.39, 0.29) is 16.9 Å². The van der Waals surface area contributed by atoms with Crippen LogP contribution in [0, 0.1) is 5.41 Å². The summed E-state index contributed by atoms with van der Waals surface area (Å²) in [4.78, 5) is 22.8. The van der Waals surface area contributed by atoms with Crippen molar-refractivity contribution in [2.75, 3.05) is 30.9 Å². The van der Waals surface area contributed by atoms with Gasteiger partial charge in [0.1, 0.15) is 5.41 Å². The molecule has 0 aliphatic rings. The summed E-state index contributed by atoms with van der Waals surface area (Å²) in [6.07, 6.45) is 0. The molecule has 1 aromatic carbocycles. The number of aliphatic hydroxyl groups is 3. The fourth-order valence-electron chi connectivity index (χ4n) is 1.48. The third-order valence-electron chi connectivity index (χ3n) is 2.85. The highest BCUT2D eigenvalue weighted by Gasteiger charge is 2.37. The van der Waals surface area contributed by atoms with Gasteiger partial charge >= 0.3 is 5.97 Å². The van der Waals surface area contributed by atoms with Crippen LogP contribution >= 0.6 is 0 Å². The number of amides is 1. The molecule has 7 N–H and O–H groups in total. The minimum absolute atomic E-state index is 0.0899. The van der Waals surface area contributed by atoms with E-state index in [4.69, 9.17) is 26.2 Å². The van der Waals surface area contributed by atoms with Crippen molar-refractivity contribution in [1.29, 1.82) is 0 Å². The first-order valence-electron chi connectivity index (χ1n) is 5.66. The molecule has 0 atom stereocenters. The van der Waals surface area contributed by atoms with E-state index >= 15 is 0 Å². The third kappa shape index (κ3) is 3.23. The third-order valence-corrected chi connectivity index (χ3v) is 2.85. The van der Waals surface area contributed by atoms with E-state index in [9.17, 15) is 9.59 Å². The van der Waals surface area contributed by atoms with Crippen LogP contribution in [0.2, 0.25) is 0 Å². The Kier molecular flexibility index (Phi) is 5.03. The Bertz CT molecular complexity index is 504. The van der Waals surface area contributed by atoms with Gasteiger partial charge in [0.05, 0.1) is 25.4 Å². The van der Waals surface area contributed by atoms with Crippen molar-refractivity contribution in [3.8, 4) is 0 Å². The fourth-order valence-corrected chi connectivity index (χ4v) is 1.48. The van der Waals surface area contributed by atoms with Gasteiger partial charge in [-0.05, 0) is 18.2 Å². The zero-order valence-electron chi connectivity index (χ0n) is 10.5. The van der Waals surface area contributed by atoms with Crippen LogP contribution in [0.3, 0.4) is 0 Å². The molecule has 0 aliphatic heterocycles. The number of nitrogen functional groups attached to an aromatic ring is 1. The number of hydrogen-bond donors (Lipinski definition) is 6. The van der Waals surface area contributed by atoms with Gasteiger partial charge in [-0.15, -0.1) is 0 Å². The molecular weight excluding hydrogens is 268 g/mol. The summed E-state index contributed by atoms with van der Waals surface area (Å²) in [5, 5.41) is 38.6. The van der Waals surface area contributed by atoms with Crippen molar-refractivity contribution in [1.82, 2.24) is 0 Å². The molecule has 0 spiro atoms. The Labute approximate surface area is 114 Å². The predicted molar refractivity (Wildman–Crippen MR) is 70.1 cm³/mol. The van der Waals surface area contributed by atoms with Crippen LogP contribution in [0.4, 0.5) is 11.4 Å². The van der Waals surface area contributed by atoms with E-state index in [1.165, 1.54) is 18.2 Å². The van der Waals surface area contributed by atoms with Crippen molar-refractivity contribution < 1.29 is 30.0 Å². The molecule has 0 unspecified atom stereocenters. The monoisotopic (exact) mass is 284 g/mol. The summed E-state index contributed by atoms with van der Waals surface area (Å²) in [5.74, 6) is -2.06. The highest BCUT2D eigenvalue weighted by molar-refractivity contribution is 5.98. The van der Waals surface area contributed by atoms with E-state index < -0.39 is 37.1 Å². The van der Waals surface area contributed by atoms with Gasteiger partial charge in [-0.2, -0.15) is 0 Å². The largest absolute Gasteiger partial charge is 0.478 e. The van der Waals surface area contributed by atoms with Gasteiger partial charge in [0.2, 0.25) is 5.91 Å². The number of benzene rings is 1. The maximum absolute atomic E-state index is 11.9. The summed E-state index contributed by atoms with van der Waals surface area (Å²) in [7, 11) is 0. The molecule has 110 valence electrons. The average molecular weight is 284 g/mol. The van der Waals surface area contributed by atoms with E-state index in [0.717, 1.165) is 0 Å². The Hall–Kier alpha value is -2.16. The van der Waals surface area contributed by atoms with E-state index in [2.05, 4.69) is 5.32 Å². The molecular formula is C12H16N2O6. The molecule has 0 heterocycles. The lowest BCUT2D eigenvalue weighted by atomic mass is 9.90. The van der Waals surface area contributed by atoms with Crippen LogP contribution in [-0.2, 0) is 4.79 Å². The van der Waals surface area contributed by atoms with Crippen LogP contribution in [0.15, 0.2) is 18.2 Å². The number of carbonyl (C=O) groups excluding carboxylic acids is 1. The van der Waals surface area contributed by atoms with Crippen molar-refractivity contribution in [2.24, 2.45) is 5.41 Å². The highest BCUT2D eigenvalue weighted by atomic mass is 16.4. The van der Waals surface area contributed by atoms with Gasteiger partial charge in [-0.25, -0.2) is 4.79 Å². The Morgan fingerprint density at radius 3 is 2.10 bits per heavy atom. The second-order valence-corrected chi connectivity index (χ2v) is 4.36. The fraction of sp³-hybridized carbons (Fsp3) is 0.333. The molecule has 0 aliphatic carbocycles. The number of nitrogens with two attached hydrogens (primary N) is 1. The molecule has 1 rings (SSSR count). The molecule has 8 heteroatoms. The highest BCUT2D eigenvalue weighted by Crippen LogP contribution is 2.21. The van der Waals surface area contributed by atoms with E-state index in [0.29, 0.717) is 0 Å². The number of carboxylic acid groups (broad SMARTS) is 1. The second-order valence-electron chi connectivity index (χ2n) is 4.36. The summed E-state index contributed by atoms with van der Waals surface area (Å²) >= 11 is 0. The van der Waals surface area contributed by atoms with Crippen molar-refractivity contribution in [3.63, 3.8) is 0 Å². The molecule has 0 saturated carbocycles. The van der Waals surface area contributed by atoms with Crippen molar-refractivity contribution in [3.05, 3.63) is 23.8 Å². The number of hydrogen-bond acceptors (Lipinski definition) is 6. The van der Waals surface area contributed by atoms with Crippen LogP contribution in [0.1, 0.15) is 10.4 Å². The van der Waals surface area contributed by atoms with E-state index in [1.807, 2.05) is 0 Å². The zero-order valence-corrected chi connectivity index (χ0v) is 10.5. The molecule has 0 aromatic heterocycles. The van der Waals surface area contributed by atoms with E-state index in [1.54, 1.807) is 0 Å². The molecule has 0 bridgehead atoms. The summed E-state index contributed by atoms with van der Waals surface area (Å²) in [6, 6.07) is 3.71. The average Bonchev–Trinajstić information content (AvgIpc) is 2.40. The smallest absolute Gasteiger partial charge is 0.335 e. The quantitative estimate of drug-likeness (QED) is 0.361. The van der Waals surface area contributed by atoms with Crippen LogP contribution < -0.4 is 11.1 Å². The van der Waals surface area contributed by atoms with Crippen LogP contribution in [-0.4, -0.2) is 52.1 Å².